The Morgan fingerprint density at radius 3 is 2.70 bits per heavy atom. The van der Waals surface area contributed by atoms with E-state index in [1.54, 1.807) is 30.3 Å². The number of aliphatic hydroxyl groups excluding tert-OH is 1. The Kier molecular flexibility index (Phi) is 4.77. The second kappa shape index (κ2) is 6.55. The van der Waals surface area contributed by atoms with E-state index in [0.29, 0.717) is 16.1 Å². The van der Waals surface area contributed by atoms with Gasteiger partial charge in [-0.2, -0.15) is 0 Å². The van der Waals surface area contributed by atoms with Gasteiger partial charge in [0.1, 0.15) is 0 Å². The summed E-state index contributed by atoms with van der Waals surface area (Å²) in [6.07, 6.45) is -0.776. The van der Waals surface area contributed by atoms with E-state index in [1.807, 2.05) is 25.1 Å². The van der Waals surface area contributed by atoms with Crippen molar-refractivity contribution < 1.29 is 9.90 Å². The summed E-state index contributed by atoms with van der Waals surface area (Å²) in [7, 11) is 0. The van der Waals surface area contributed by atoms with Gasteiger partial charge in [0.15, 0.2) is 0 Å². The van der Waals surface area contributed by atoms with Crippen molar-refractivity contribution in [1.29, 1.82) is 0 Å². The number of benzene rings is 2. The quantitative estimate of drug-likeness (QED) is 0.908. The van der Waals surface area contributed by atoms with Crippen molar-refractivity contribution in [2.24, 2.45) is 0 Å². The molecule has 0 bridgehead atoms. The Labute approximate surface area is 123 Å². The van der Waals surface area contributed by atoms with Gasteiger partial charge in [0.2, 0.25) is 0 Å². The third-order valence-electron chi connectivity index (χ3n) is 3.08. The zero-order valence-electron chi connectivity index (χ0n) is 11.1. The molecule has 0 aliphatic rings. The lowest BCUT2D eigenvalue weighted by Crippen LogP contribution is -2.28. The number of hydrogen-bond donors (Lipinski definition) is 2. The molecule has 0 aromatic heterocycles. The molecule has 20 heavy (non-hydrogen) atoms. The molecule has 4 heteroatoms. The Morgan fingerprint density at radius 1 is 1.25 bits per heavy atom. The van der Waals surface area contributed by atoms with Crippen molar-refractivity contribution in [2.45, 2.75) is 13.0 Å². The van der Waals surface area contributed by atoms with Gasteiger partial charge in [-0.05, 0) is 36.2 Å². The van der Waals surface area contributed by atoms with Gasteiger partial charge >= 0.3 is 0 Å². The molecule has 1 atom stereocenters. The zero-order valence-corrected chi connectivity index (χ0v) is 11.9. The van der Waals surface area contributed by atoms with Crippen LogP contribution in [0.1, 0.15) is 27.6 Å². The maximum absolute atomic E-state index is 12.0. The second-order valence-corrected chi connectivity index (χ2v) is 5.03. The van der Waals surface area contributed by atoms with Crippen LogP contribution in [0.15, 0.2) is 48.5 Å². The molecular weight excluding hydrogens is 274 g/mol. The first kappa shape index (κ1) is 14.6. The first-order valence-corrected chi connectivity index (χ1v) is 6.73. The summed E-state index contributed by atoms with van der Waals surface area (Å²) in [6, 6.07) is 14.3. The van der Waals surface area contributed by atoms with Crippen LogP contribution in [0.2, 0.25) is 5.02 Å². The summed E-state index contributed by atoms with van der Waals surface area (Å²) in [4.78, 5) is 12.0. The maximum Gasteiger partial charge on any atom is 0.251 e. The molecule has 0 aliphatic heterocycles. The summed E-state index contributed by atoms with van der Waals surface area (Å²) >= 11 is 5.87. The fourth-order valence-electron chi connectivity index (χ4n) is 1.94. The summed E-state index contributed by atoms with van der Waals surface area (Å²) in [5.41, 5.74) is 2.20. The maximum atomic E-state index is 12.0. The third-order valence-corrected chi connectivity index (χ3v) is 3.31. The molecule has 1 amide bonds. The van der Waals surface area contributed by atoms with Crippen molar-refractivity contribution in [1.82, 2.24) is 5.32 Å². The molecule has 0 fully saturated rings. The molecule has 2 N–H and O–H groups in total. The van der Waals surface area contributed by atoms with Crippen LogP contribution in [0.5, 0.6) is 0 Å². The molecule has 3 nitrogen and oxygen atoms in total. The van der Waals surface area contributed by atoms with Gasteiger partial charge in [0.05, 0.1) is 6.10 Å². The standard InChI is InChI=1S/C16H16ClNO2/c1-11-5-2-3-8-14(11)16(20)18-10-15(19)12-6-4-7-13(17)9-12/h2-9,15,19H,10H2,1H3,(H,18,20)/t15-/m0/s1. The van der Waals surface area contributed by atoms with Crippen molar-refractivity contribution in [3.05, 3.63) is 70.2 Å². The average molecular weight is 290 g/mol. The first-order chi connectivity index (χ1) is 9.58. The monoisotopic (exact) mass is 289 g/mol. The highest BCUT2D eigenvalue weighted by Gasteiger charge is 2.12. The van der Waals surface area contributed by atoms with Crippen LogP contribution < -0.4 is 5.32 Å². The zero-order chi connectivity index (χ0) is 14.5. The molecule has 0 aliphatic carbocycles. The lowest BCUT2D eigenvalue weighted by molar-refractivity contribution is 0.0915. The van der Waals surface area contributed by atoms with Crippen LogP contribution in [-0.2, 0) is 0 Å². The summed E-state index contributed by atoms with van der Waals surface area (Å²) < 4.78 is 0. The number of aliphatic hydroxyl groups is 1. The smallest absolute Gasteiger partial charge is 0.251 e. The molecule has 2 rings (SSSR count). The Hall–Kier alpha value is -1.84. The van der Waals surface area contributed by atoms with Gasteiger partial charge < -0.3 is 10.4 Å². The largest absolute Gasteiger partial charge is 0.387 e. The molecule has 0 radical (unpaired) electrons. The molecule has 0 saturated heterocycles. The van der Waals surface area contributed by atoms with E-state index in [4.69, 9.17) is 11.6 Å². The van der Waals surface area contributed by atoms with Crippen molar-refractivity contribution in [3.63, 3.8) is 0 Å². The fourth-order valence-corrected chi connectivity index (χ4v) is 2.14. The van der Waals surface area contributed by atoms with Crippen LogP contribution in [0.25, 0.3) is 0 Å². The number of nitrogens with one attached hydrogen (secondary N) is 1. The molecule has 0 saturated carbocycles. The topological polar surface area (TPSA) is 49.3 Å². The molecule has 104 valence electrons. The molecule has 2 aromatic carbocycles. The lowest BCUT2D eigenvalue weighted by Gasteiger charge is -2.13. The van der Waals surface area contributed by atoms with Crippen LogP contribution in [-0.4, -0.2) is 17.6 Å². The predicted molar refractivity (Wildman–Crippen MR) is 79.9 cm³/mol. The van der Waals surface area contributed by atoms with Crippen molar-refractivity contribution in [2.75, 3.05) is 6.54 Å². The van der Waals surface area contributed by atoms with E-state index in [1.165, 1.54) is 0 Å². The summed E-state index contributed by atoms with van der Waals surface area (Å²) in [5, 5.41) is 13.3. The van der Waals surface area contributed by atoms with Crippen LogP contribution in [0.3, 0.4) is 0 Å². The summed E-state index contributed by atoms with van der Waals surface area (Å²) in [5.74, 6) is -0.191. The fraction of sp³-hybridized carbons (Fsp3) is 0.188. The Bertz CT molecular complexity index is 613. The molecular formula is C16H16ClNO2. The minimum absolute atomic E-state index is 0.146. The van der Waals surface area contributed by atoms with E-state index in [2.05, 4.69) is 5.32 Å². The Balaban J connectivity index is 1.99. The number of amides is 1. The molecule has 0 spiro atoms. The van der Waals surface area contributed by atoms with E-state index in [0.717, 1.165) is 5.56 Å². The highest BCUT2D eigenvalue weighted by atomic mass is 35.5. The number of aryl methyl sites for hydroxylation is 1. The Morgan fingerprint density at radius 2 is 2.00 bits per heavy atom. The van der Waals surface area contributed by atoms with Gasteiger partial charge in [0, 0.05) is 17.1 Å². The minimum Gasteiger partial charge on any atom is -0.387 e. The number of carbonyl (C=O) groups is 1. The minimum atomic E-state index is -0.776. The number of halogens is 1. The van der Waals surface area contributed by atoms with Gasteiger partial charge in [-0.25, -0.2) is 0 Å². The second-order valence-electron chi connectivity index (χ2n) is 4.60. The van der Waals surface area contributed by atoms with Gasteiger partial charge in [-0.3, -0.25) is 4.79 Å². The SMILES string of the molecule is Cc1ccccc1C(=O)NC[C@H](O)c1cccc(Cl)c1. The average Bonchev–Trinajstić information content (AvgIpc) is 2.45. The van der Waals surface area contributed by atoms with Crippen LogP contribution in [0, 0.1) is 6.92 Å². The van der Waals surface area contributed by atoms with Crippen molar-refractivity contribution >= 4 is 17.5 Å². The number of hydrogen-bond acceptors (Lipinski definition) is 2. The van der Waals surface area contributed by atoms with Gasteiger partial charge in [-0.15, -0.1) is 0 Å². The first-order valence-electron chi connectivity index (χ1n) is 6.35. The lowest BCUT2D eigenvalue weighted by atomic mass is 10.1. The highest BCUT2D eigenvalue weighted by molar-refractivity contribution is 6.30. The van der Waals surface area contributed by atoms with E-state index in [-0.39, 0.29) is 12.5 Å². The van der Waals surface area contributed by atoms with Gasteiger partial charge in [0.25, 0.3) is 5.91 Å². The molecule has 0 heterocycles. The number of carbonyl (C=O) groups excluding carboxylic acids is 1. The molecule has 2 aromatic rings. The molecule has 0 unspecified atom stereocenters. The third kappa shape index (κ3) is 3.59. The van der Waals surface area contributed by atoms with E-state index >= 15 is 0 Å². The predicted octanol–water partition coefficient (Wildman–Crippen LogP) is 3.11. The number of rotatable bonds is 4. The highest BCUT2D eigenvalue weighted by Crippen LogP contribution is 2.17. The van der Waals surface area contributed by atoms with Crippen LogP contribution >= 0.6 is 11.6 Å². The van der Waals surface area contributed by atoms with E-state index < -0.39 is 6.10 Å². The van der Waals surface area contributed by atoms with Crippen molar-refractivity contribution in [3.8, 4) is 0 Å². The normalized spacial score (nSPS) is 11.9. The summed E-state index contributed by atoms with van der Waals surface area (Å²) in [6.45, 7) is 2.02. The van der Waals surface area contributed by atoms with Gasteiger partial charge in [-0.1, -0.05) is 41.9 Å². The van der Waals surface area contributed by atoms with Crippen LogP contribution in [0.4, 0.5) is 0 Å². The van der Waals surface area contributed by atoms with E-state index in [9.17, 15) is 9.90 Å².